The largest absolute Gasteiger partial charge is 0.457 e. The van der Waals surface area contributed by atoms with Crippen LogP contribution < -0.4 is 0 Å². The summed E-state index contributed by atoms with van der Waals surface area (Å²) in [6.07, 6.45) is -5.28. The van der Waals surface area contributed by atoms with Gasteiger partial charge in [0.2, 0.25) is 0 Å². The first kappa shape index (κ1) is 17.9. The van der Waals surface area contributed by atoms with Gasteiger partial charge in [-0.05, 0) is 26.3 Å². The monoisotopic (exact) mass is 313 g/mol. The van der Waals surface area contributed by atoms with Gasteiger partial charge in [0.15, 0.2) is 0 Å². The molecule has 0 aliphatic carbocycles. The molecule has 1 amide bonds. The summed E-state index contributed by atoms with van der Waals surface area (Å²) in [6.45, 7) is 4.83. The minimum Gasteiger partial charge on any atom is -0.444 e. The van der Waals surface area contributed by atoms with E-state index in [1.807, 2.05) is 12.0 Å². The standard InChI is InChI=1S/C16H18F3NO2/c1-15(2,3)22-14(21)20(11-7-10-16(17,18)19)12-13-8-5-4-6-9-13/h4-6,8-9H,11-12H2,1-3H3. The van der Waals surface area contributed by atoms with Crippen LogP contribution in [0.15, 0.2) is 30.3 Å². The van der Waals surface area contributed by atoms with Crippen LogP contribution in [0, 0.1) is 11.8 Å². The summed E-state index contributed by atoms with van der Waals surface area (Å²) in [6, 6.07) is 8.92. The van der Waals surface area contributed by atoms with Crippen molar-refractivity contribution in [2.45, 2.75) is 39.1 Å². The van der Waals surface area contributed by atoms with E-state index in [1.54, 1.807) is 45.0 Å². The molecule has 1 aromatic rings. The second-order valence-corrected chi connectivity index (χ2v) is 5.62. The summed E-state index contributed by atoms with van der Waals surface area (Å²) < 4.78 is 41.5. The van der Waals surface area contributed by atoms with E-state index >= 15 is 0 Å². The highest BCUT2D eigenvalue weighted by molar-refractivity contribution is 5.68. The van der Waals surface area contributed by atoms with Crippen LogP contribution in [0.5, 0.6) is 0 Å². The topological polar surface area (TPSA) is 29.5 Å². The molecule has 0 N–H and O–H groups in total. The lowest BCUT2D eigenvalue weighted by molar-refractivity contribution is -0.0698. The van der Waals surface area contributed by atoms with Gasteiger partial charge >= 0.3 is 12.3 Å². The fourth-order valence-corrected chi connectivity index (χ4v) is 1.55. The van der Waals surface area contributed by atoms with Gasteiger partial charge in [-0.15, -0.1) is 0 Å². The van der Waals surface area contributed by atoms with Crippen molar-refractivity contribution in [3.8, 4) is 11.8 Å². The van der Waals surface area contributed by atoms with E-state index in [-0.39, 0.29) is 13.1 Å². The molecular formula is C16H18F3NO2. The highest BCUT2D eigenvalue weighted by Gasteiger charge is 2.24. The van der Waals surface area contributed by atoms with E-state index in [2.05, 4.69) is 0 Å². The fraction of sp³-hybridized carbons (Fsp3) is 0.438. The Bertz CT molecular complexity index is 551. The van der Waals surface area contributed by atoms with Gasteiger partial charge in [0.1, 0.15) is 5.60 Å². The smallest absolute Gasteiger partial charge is 0.444 e. The highest BCUT2D eigenvalue weighted by Crippen LogP contribution is 2.14. The van der Waals surface area contributed by atoms with Crippen molar-refractivity contribution < 1.29 is 22.7 Å². The van der Waals surface area contributed by atoms with E-state index in [0.717, 1.165) is 16.4 Å². The molecule has 0 aliphatic rings. The predicted octanol–water partition coefficient (Wildman–Crippen LogP) is 3.99. The van der Waals surface area contributed by atoms with Crippen LogP contribution in [0.2, 0.25) is 0 Å². The lowest BCUT2D eigenvalue weighted by Crippen LogP contribution is -2.36. The van der Waals surface area contributed by atoms with E-state index in [0.29, 0.717) is 0 Å². The van der Waals surface area contributed by atoms with Gasteiger partial charge in [-0.3, -0.25) is 4.90 Å². The van der Waals surface area contributed by atoms with Crippen molar-refractivity contribution in [3.05, 3.63) is 35.9 Å². The molecule has 22 heavy (non-hydrogen) atoms. The van der Waals surface area contributed by atoms with Crippen LogP contribution in [0.4, 0.5) is 18.0 Å². The Hall–Kier alpha value is -2.16. The molecule has 0 atom stereocenters. The number of benzene rings is 1. The van der Waals surface area contributed by atoms with E-state index < -0.39 is 17.9 Å². The molecule has 0 saturated heterocycles. The van der Waals surface area contributed by atoms with Gasteiger partial charge in [-0.1, -0.05) is 36.3 Å². The number of hydrogen-bond acceptors (Lipinski definition) is 2. The Morgan fingerprint density at radius 2 is 1.77 bits per heavy atom. The third-order valence-corrected chi connectivity index (χ3v) is 2.37. The van der Waals surface area contributed by atoms with Crippen molar-refractivity contribution in [3.63, 3.8) is 0 Å². The summed E-state index contributed by atoms with van der Waals surface area (Å²) >= 11 is 0. The first-order valence-corrected chi connectivity index (χ1v) is 6.65. The number of carbonyl (C=O) groups excluding carboxylic acids is 1. The van der Waals surface area contributed by atoms with Crippen molar-refractivity contribution in [1.82, 2.24) is 4.90 Å². The number of rotatable bonds is 3. The number of alkyl halides is 3. The zero-order valence-corrected chi connectivity index (χ0v) is 12.7. The Labute approximate surface area is 128 Å². The van der Waals surface area contributed by atoms with Crippen molar-refractivity contribution in [1.29, 1.82) is 0 Å². The maximum Gasteiger partial charge on any atom is 0.457 e. The summed E-state index contributed by atoms with van der Waals surface area (Å²) in [4.78, 5) is 13.2. The van der Waals surface area contributed by atoms with Gasteiger partial charge in [0.25, 0.3) is 0 Å². The number of nitrogens with zero attached hydrogens (tertiary/aromatic N) is 1. The van der Waals surface area contributed by atoms with Gasteiger partial charge in [-0.25, -0.2) is 4.79 Å². The zero-order valence-electron chi connectivity index (χ0n) is 12.7. The third kappa shape index (κ3) is 7.58. The number of hydrogen-bond donors (Lipinski definition) is 0. The van der Waals surface area contributed by atoms with E-state index in [4.69, 9.17) is 4.74 Å². The van der Waals surface area contributed by atoms with Crippen LogP contribution in [0.1, 0.15) is 26.3 Å². The second kappa shape index (κ2) is 7.21. The second-order valence-electron chi connectivity index (χ2n) is 5.62. The van der Waals surface area contributed by atoms with E-state index in [1.165, 1.54) is 0 Å². The fourth-order valence-electron chi connectivity index (χ4n) is 1.55. The minimum atomic E-state index is -4.58. The molecule has 0 aliphatic heterocycles. The molecule has 0 bridgehead atoms. The summed E-state index contributed by atoms with van der Waals surface area (Å²) in [5.41, 5.74) is 0.0471. The maximum absolute atomic E-state index is 12.1. The average Bonchev–Trinajstić information content (AvgIpc) is 2.35. The summed E-state index contributed by atoms with van der Waals surface area (Å²) in [5.74, 6) is 3.12. The van der Waals surface area contributed by atoms with Crippen LogP contribution in [0.3, 0.4) is 0 Å². The molecule has 0 spiro atoms. The molecule has 3 nitrogen and oxygen atoms in total. The van der Waals surface area contributed by atoms with Crippen molar-refractivity contribution in [2.24, 2.45) is 0 Å². The van der Waals surface area contributed by atoms with E-state index in [9.17, 15) is 18.0 Å². The number of halogens is 3. The van der Waals surface area contributed by atoms with Crippen LogP contribution in [-0.4, -0.2) is 29.3 Å². The van der Waals surface area contributed by atoms with Crippen LogP contribution >= 0.6 is 0 Å². The minimum absolute atomic E-state index is 0.127. The van der Waals surface area contributed by atoms with Gasteiger partial charge in [0, 0.05) is 12.5 Å². The SMILES string of the molecule is CC(C)(C)OC(=O)N(CC#CC(F)(F)F)Cc1ccccc1. The zero-order chi connectivity index (χ0) is 16.8. The maximum atomic E-state index is 12.1. The van der Waals surface area contributed by atoms with Gasteiger partial charge in [-0.2, -0.15) is 13.2 Å². The first-order chi connectivity index (χ1) is 10.1. The highest BCUT2D eigenvalue weighted by atomic mass is 19.4. The van der Waals surface area contributed by atoms with Crippen LogP contribution in [0.25, 0.3) is 0 Å². The Morgan fingerprint density at radius 1 is 1.18 bits per heavy atom. The molecule has 0 radical (unpaired) electrons. The quantitative estimate of drug-likeness (QED) is 0.790. The van der Waals surface area contributed by atoms with Gasteiger partial charge in [0.05, 0.1) is 6.54 Å². The Morgan fingerprint density at radius 3 is 2.27 bits per heavy atom. The van der Waals surface area contributed by atoms with Crippen LogP contribution in [-0.2, 0) is 11.3 Å². The molecule has 0 fully saturated rings. The number of amides is 1. The molecule has 0 aromatic heterocycles. The predicted molar refractivity (Wildman–Crippen MR) is 76.9 cm³/mol. The molecule has 0 unspecified atom stereocenters. The average molecular weight is 313 g/mol. The molecule has 6 heteroatoms. The molecular weight excluding hydrogens is 295 g/mol. The molecule has 0 heterocycles. The lowest BCUT2D eigenvalue weighted by Gasteiger charge is -2.26. The Kier molecular flexibility index (Phi) is 5.86. The van der Waals surface area contributed by atoms with Crippen molar-refractivity contribution >= 4 is 6.09 Å². The molecule has 1 rings (SSSR count). The van der Waals surface area contributed by atoms with Gasteiger partial charge < -0.3 is 4.74 Å². The number of ether oxygens (including phenoxy) is 1. The third-order valence-electron chi connectivity index (χ3n) is 2.37. The summed E-state index contributed by atoms with van der Waals surface area (Å²) in [7, 11) is 0. The first-order valence-electron chi connectivity index (χ1n) is 6.65. The Balaban J connectivity index is 2.84. The lowest BCUT2D eigenvalue weighted by atomic mass is 10.2. The normalized spacial score (nSPS) is 11.4. The summed E-state index contributed by atoms with van der Waals surface area (Å²) in [5, 5.41) is 0. The van der Waals surface area contributed by atoms with Crippen molar-refractivity contribution in [2.75, 3.05) is 6.54 Å². The molecule has 0 saturated carbocycles. The molecule has 120 valence electrons. The number of carbonyl (C=O) groups is 1. The molecule has 1 aromatic carbocycles.